The highest BCUT2D eigenvalue weighted by Crippen LogP contribution is 2.39. The van der Waals surface area contributed by atoms with Gasteiger partial charge in [0.2, 0.25) is 10.0 Å². The standard InChI is InChI=1S/C25H21ClN2O2S/c1-18-8-10-19(11-9-18)25-24-7-4-16-27(24)23-6-3-2-5-20(23)17-28(25)31(29,30)22-14-12-21(26)13-15-22/h2-16,25H,17H2,1H3/t25-/m0/s1. The minimum Gasteiger partial charge on any atom is -0.319 e. The molecule has 0 aliphatic carbocycles. The van der Waals surface area contributed by atoms with E-state index in [2.05, 4.69) is 4.57 Å². The fourth-order valence-electron chi connectivity index (χ4n) is 4.17. The molecule has 0 unspecified atom stereocenters. The van der Waals surface area contributed by atoms with Gasteiger partial charge in [-0.3, -0.25) is 0 Å². The lowest BCUT2D eigenvalue weighted by molar-refractivity contribution is 0.353. The first kappa shape index (κ1) is 20.1. The zero-order valence-electron chi connectivity index (χ0n) is 16.9. The van der Waals surface area contributed by atoms with Gasteiger partial charge < -0.3 is 4.57 Å². The Morgan fingerprint density at radius 3 is 2.32 bits per heavy atom. The van der Waals surface area contributed by atoms with Gasteiger partial charge in [-0.15, -0.1) is 0 Å². The second kappa shape index (κ2) is 7.68. The lowest BCUT2D eigenvalue weighted by atomic mass is 10.0. The van der Waals surface area contributed by atoms with E-state index in [-0.39, 0.29) is 11.4 Å². The Hall–Kier alpha value is -2.86. The second-order valence-electron chi connectivity index (χ2n) is 7.75. The molecule has 1 atom stereocenters. The van der Waals surface area contributed by atoms with E-state index in [1.807, 2.05) is 73.8 Å². The average molecular weight is 449 g/mol. The van der Waals surface area contributed by atoms with Crippen LogP contribution in [0.5, 0.6) is 0 Å². The SMILES string of the molecule is Cc1ccc([C@H]2c3cccn3-c3ccccc3CN2S(=O)(=O)c2ccc(Cl)cc2)cc1. The van der Waals surface area contributed by atoms with Crippen LogP contribution < -0.4 is 0 Å². The normalized spacial score (nSPS) is 16.4. The van der Waals surface area contributed by atoms with Gasteiger partial charge in [0.05, 0.1) is 10.9 Å². The number of fused-ring (bicyclic) bond motifs is 3. The number of halogens is 1. The molecule has 1 aromatic heterocycles. The van der Waals surface area contributed by atoms with Crippen LogP contribution in [0.3, 0.4) is 0 Å². The smallest absolute Gasteiger partial charge is 0.244 e. The van der Waals surface area contributed by atoms with Gasteiger partial charge in [-0.2, -0.15) is 4.31 Å². The van der Waals surface area contributed by atoms with Gasteiger partial charge >= 0.3 is 0 Å². The van der Waals surface area contributed by atoms with Gasteiger partial charge in [-0.05, 0) is 60.5 Å². The van der Waals surface area contributed by atoms with Crippen molar-refractivity contribution in [2.45, 2.75) is 24.4 Å². The molecular formula is C25H21ClN2O2S. The number of aryl methyl sites for hydroxylation is 1. The Kier molecular flexibility index (Phi) is 4.97. The van der Waals surface area contributed by atoms with Crippen LogP contribution >= 0.6 is 11.6 Å². The molecule has 4 nitrogen and oxygen atoms in total. The first-order valence-corrected chi connectivity index (χ1v) is 11.9. The van der Waals surface area contributed by atoms with E-state index in [0.29, 0.717) is 5.02 Å². The summed E-state index contributed by atoms with van der Waals surface area (Å²) < 4.78 is 31.5. The van der Waals surface area contributed by atoms with E-state index in [1.165, 1.54) is 0 Å². The Balaban J connectivity index is 1.76. The largest absolute Gasteiger partial charge is 0.319 e. The number of benzene rings is 3. The molecule has 0 saturated carbocycles. The summed E-state index contributed by atoms with van der Waals surface area (Å²) in [5.74, 6) is 0. The summed E-state index contributed by atoms with van der Waals surface area (Å²) in [5.41, 5.74) is 4.91. The Bertz CT molecular complexity index is 1340. The van der Waals surface area contributed by atoms with Gasteiger partial charge in [-0.1, -0.05) is 59.6 Å². The van der Waals surface area contributed by atoms with E-state index in [4.69, 9.17) is 11.6 Å². The van der Waals surface area contributed by atoms with Gasteiger partial charge in [0, 0.05) is 29.1 Å². The van der Waals surface area contributed by atoms with Crippen molar-refractivity contribution in [1.29, 1.82) is 0 Å². The number of para-hydroxylation sites is 1. The third-order valence-corrected chi connectivity index (χ3v) is 7.82. The highest BCUT2D eigenvalue weighted by atomic mass is 35.5. The summed E-state index contributed by atoms with van der Waals surface area (Å²) in [6, 6.07) is 25.9. The number of aromatic nitrogens is 1. The van der Waals surface area contributed by atoms with Crippen molar-refractivity contribution in [2.75, 3.05) is 0 Å². The maximum atomic E-state index is 13.9. The van der Waals surface area contributed by atoms with Crippen LogP contribution in [0.15, 0.2) is 96.0 Å². The van der Waals surface area contributed by atoms with Crippen molar-refractivity contribution in [3.63, 3.8) is 0 Å². The van der Waals surface area contributed by atoms with Crippen LogP contribution in [0.2, 0.25) is 5.02 Å². The predicted octanol–water partition coefficient (Wildman–Crippen LogP) is 5.73. The molecule has 0 N–H and O–H groups in total. The van der Waals surface area contributed by atoms with Gasteiger partial charge in [0.15, 0.2) is 0 Å². The molecule has 1 aliphatic rings. The average Bonchev–Trinajstić information content (AvgIpc) is 3.19. The first-order chi connectivity index (χ1) is 14.9. The molecule has 0 radical (unpaired) electrons. The minimum atomic E-state index is -3.81. The van der Waals surface area contributed by atoms with Crippen LogP contribution in [0.4, 0.5) is 0 Å². The summed E-state index contributed by atoms with van der Waals surface area (Å²) in [6.07, 6.45) is 1.99. The predicted molar refractivity (Wildman–Crippen MR) is 123 cm³/mol. The van der Waals surface area contributed by atoms with Gasteiger partial charge in [0.1, 0.15) is 0 Å². The molecule has 0 saturated heterocycles. The molecule has 5 rings (SSSR count). The fourth-order valence-corrected chi connectivity index (χ4v) is 5.87. The van der Waals surface area contributed by atoms with Crippen molar-refractivity contribution in [3.8, 4) is 5.69 Å². The Morgan fingerprint density at radius 2 is 1.58 bits per heavy atom. The summed E-state index contributed by atoms with van der Waals surface area (Å²) in [5, 5.41) is 0.504. The fraction of sp³-hybridized carbons (Fsp3) is 0.120. The number of hydrogen-bond acceptors (Lipinski definition) is 2. The van der Waals surface area contributed by atoms with Crippen molar-refractivity contribution in [1.82, 2.24) is 8.87 Å². The van der Waals surface area contributed by atoms with Crippen molar-refractivity contribution in [2.24, 2.45) is 0 Å². The van der Waals surface area contributed by atoms with E-state index in [0.717, 1.165) is 28.1 Å². The maximum absolute atomic E-state index is 13.9. The van der Waals surface area contributed by atoms with Crippen molar-refractivity contribution < 1.29 is 8.42 Å². The van der Waals surface area contributed by atoms with Crippen LogP contribution in [0.1, 0.15) is 28.4 Å². The highest BCUT2D eigenvalue weighted by molar-refractivity contribution is 7.89. The molecule has 31 heavy (non-hydrogen) atoms. The zero-order chi connectivity index (χ0) is 21.6. The topological polar surface area (TPSA) is 42.3 Å². The number of hydrogen-bond donors (Lipinski definition) is 0. The number of sulfonamides is 1. The van der Waals surface area contributed by atoms with E-state index in [1.54, 1.807) is 28.6 Å². The van der Waals surface area contributed by atoms with Crippen molar-refractivity contribution >= 4 is 21.6 Å². The zero-order valence-corrected chi connectivity index (χ0v) is 18.5. The van der Waals surface area contributed by atoms with E-state index in [9.17, 15) is 8.42 Å². The summed E-state index contributed by atoms with van der Waals surface area (Å²) >= 11 is 6.02. The Labute approximate surface area is 187 Å². The minimum absolute atomic E-state index is 0.228. The summed E-state index contributed by atoms with van der Waals surface area (Å²) in [6.45, 7) is 2.29. The monoisotopic (exact) mass is 448 g/mol. The Morgan fingerprint density at radius 1 is 0.871 bits per heavy atom. The molecule has 0 fully saturated rings. The second-order valence-corrected chi connectivity index (χ2v) is 10.1. The van der Waals surface area contributed by atoms with Gasteiger partial charge in [0.25, 0.3) is 0 Å². The molecule has 4 aromatic rings. The lowest BCUT2D eigenvalue weighted by Crippen LogP contribution is -2.34. The number of rotatable bonds is 3. The van der Waals surface area contributed by atoms with Gasteiger partial charge in [-0.25, -0.2) is 8.42 Å². The number of nitrogens with zero attached hydrogens (tertiary/aromatic N) is 2. The third kappa shape index (κ3) is 3.49. The lowest BCUT2D eigenvalue weighted by Gasteiger charge is -2.30. The highest BCUT2D eigenvalue weighted by Gasteiger charge is 2.37. The quantitative estimate of drug-likeness (QED) is 0.401. The first-order valence-electron chi connectivity index (χ1n) is 10.0. The molecule has 1 aliphatic heterocycles. The molecule has 3 aromatic carbocycles. The summed E-state index contributed by atoms with van der Waals surface area (Å²) in [7, 11) is -3.81. The molecule has 156 valence electrons. The third-order valence-electron chi connectivity index (χ3n) is 5.74. The van der Waals surface area contributed by atoms with E-state index < -0.39 is 16.1 Å². The molecule has 0 spiro atoms. The maximum Gasteiger partial charge on any atom is 0.244 e. The molecule has 0 amide bonds. The molecule has 0 bridgehead atoms. The van der Waals surface area contributed by atoms with E-state index >= 15 is 0 Å². The van der Waals surface area contributed by atoms with Crippen LogP contribution in [-0.4, -0.2) is 17.3 Å². The summed E-state index contributed by atoms with van der Waals surface area (Å²) in [4.78, 5) is 0.228. The van der Waals surface area contributed by atoms with Crippen LogP contribution in [0.25, 0.3) is 5.69 Å². The van der Waals surface area contributed by atoms with Crippen molar-refractivity contribution in [3.05, 3.63) is 119 Å². The molecule has 6 heteroatoms. The molecule has 2 heterocycles. The van der Waals surface area contributed by atoms with Crippen LogP contribution in [-0.2, 0) is 16.6 Å². The van der Waals surface area contributed by atoms with Crippen LogP contribution in [0, 0.1) is 6.92 Å². The molecular weight excluding hydrogens is 428 g/mol.